The summed E-state index contributed by atoms with van der Waals surface area (Å²) in [6.07, 6.45) is 6.67. The highest BCUT2D eigenvalue weighted by Gasteiger charge is 2.42. The predicted octanol–water partition coefficient (Wildman–Crippen LogP) is 1.34. The maximum absolute atomic E-state index is 12.0. The summed E-state index contributed by atoms with van der Waals surface area (Å²) < 4.78 is 0. The highest BCUT2D eigenvalue weighted by Crippen LogP contribution is 2.29. The molecule has 1 fully saturated rings. The third kappa shape index (κ3) is 1.20. The van der Waals surface area contributed by atoms with E-state index in [0.717, 1.165) is 25.7 Å². The van der Waals surface area contributed by atoms with Crippen molar-refractivity contribution in [2.75, 3.05) is 0 Å². The SMILES string of the molecule is O=C1c2nc[nH]c2C(=O)N1C1CCCCC1. The summed E-state index contributed by atoms with van der Waals surface area (Å²) in [7, 11) is 0. The van der Waals surface area contributed by atoms with E-state index in [2.05, 4.69) is 9.97 Å². The molecule has 5 nitrogen and oxygen atoms in total. The molecule has 1 aromatic rings. The third-order valence-corrected chi connectivity index (χ3v) is 3.43. The van der Waals surface area contributed by atoms with E-state index in [4.69, 9.17) is 0 Å². The summed E-state index contributed by atoms with van der Waals surface area (Å²) >= 11 is 0. The van der Waals surface area contributed by atoms with Crippen molar-refractivity contribution in [2.24, 2.45) is 0 Å². The minimum atomic E-state index is -0.229. The molecule has 0 atom stereocenters. The van der Waals surface area contributed by atoms with E-state index < -0.39 is 0 Å². The number of rotatable bonds is 1. The van der Waals surface area contributed by atoms with Crippen LogP contribution in [-0.2, 0) is 0 Å². The van der Waals surface area contributed by atoms with Crippen molar-refractivity contribution in [1.82, 2.24) is 14.9 Å². The summed E-state index contributed by atoms with van der Waals surface area (Å²) in [4.78, 5) is 32.0. The number of imidazole rings is 1. The van der Waals surface area contributed by atoms with E-state index in [9.17, 15) is 9.59 Å². The first-order valence-corrected chi connectivity index (χ1v) is 5.70. The monoisotopic (exact) mass is 219 g/mol. The lowest BCUT2D eigenvalue weighted by Crippen LogP contribution is -2.41. The summed E-state index contributed by atoms with van der Waals surface area (Å²) in [6, 6.07) is 0.0800. The standard InChI is InChI=1S/C11H13N3O2/c15-10-8-9(13-6-12-8)11(16)14(10)7-4-2-1-3-5-7/h6-7H,1-5H2,(H,12,13). The number of aromatic amines is 1. The number of hydrogen-bond donors (Lipinski definition) is 1. The first-order valence-electron chi connectivity index (χ1n) is 5.70. The number of aromatic nitrogens is 2. The Hall–Kier alpha value is -1.65. The van der Waals surface area contributed by atoms with Crippen LogP contribution in [0.5, 0.6) is 0 Å². The second kappa shape index (κ2) is 3.43. The number of imide groups is 1. The fourth-order valence-corrected chi connectivity index (χ4v) is 2.62. The van der Waals surface area contributed by atoms with Gasteiger partial charge in [-0.15, -0.1) is 0 Å². The lowest BCUT2D eigenvalue weighted by Gasteiger charge is -2.29. The zero-order valence-corrected chi connectivity index (χ0v) is 8.90. The summed E-state index contributed by atoms with van der Waals surface area (Å²) in [6.45, 7) is 0. The Morgan fingerprint density at radius 3 is 2.62 bits per heavy atom. The molecule has 0 bridgehead atoms. The first kappa shape index (κ1) is 9.57. The molecule has 84 valence electrons. The Morgan fingerprint density at radius 2 is 1.94 bits per heavy atom. The van der Waals surface area contributed by atoms with E-state index in [1.54, 1.807) is 0 Å². The van der Waals surface area contributed by atoms with E-state index in [0.29, 0.717) is 5.69 Å². The molecule has 2 aliphatic rings. The zero-order valence-electron chi connectivity index (χ0n) is 8.90. The number of carbonyl (C=O) groups excluding carboxylic acids is 2. The second-order valence-corrected chi connectivity index (χ2v) is 4.40. The van der Waals surface area contributed by atoms with Gasteiger partial charge in [0.2, 0.25) is 0 Å². The molecule has 3 rings (SSSR count). The van der Waals surface area contributed by atoms with Crippen LogP contribution in [0.1, 0.15) is 53.1 Å². The van der Waals surface area contributed by atoms with Crippen LogP contribution in [0.15, 0.2) is 6.33 Å². The largest absolute Gasteiger partial charge is 0.340 e. The van der Waals surface area contributed by atoms with Crippen molar-refractivity contribution in [2.45, 2.75) is 38.1 Å². The van der Waals surface area contributed by atoms with Crippen molar-refractivity contribution >= 4 is 11.8 Å². The molecule has 16 heavy (non-hydrogen) atoms. The molecule has 0 unspecified atom stereocenters. The van der Waals surface area contributed by atoms with E-state index >= 15 is 0 Å². The van der Waals surface area contributed by atoms with E-state index in [1.165, 1.54) is 17.6 Å². The molecular weight excluding hydrogens is 206 g/mol. The van der Waals surface area contributed by atoms with Crippen LogP contribution in [0.2, 0.25) is 0 Å². The van der Waals surface area contributed by atoms with Crippen molar-refractivity contribution in [3.05, 3.63) is 17.7 Å². The fourth-order valence-electron chi connectivity index (χ4n) is 2.62. The van der Waals surface area contributed by atoms with E-state index in [1.807, 2.05) is 0 Å². The summed E-state index contributed by atoms with van der Waals surface area (Å²) in [5.41, 5.74) is 0.645. The number of H-pyrrole nitrogens is 1. The topological polar surface area (TPSA) is 66.1 Å². The number of nitrogens with zero attached hydrogens (tertiary/aromatic N) is 2. The van der Waals surface area contributed by atoms with Crippen molar-refractivity contribution in [3.63, 3.8) is 0 Å². The van der Waals surface area contributed by atoms with Gasteiger partial charge in [-0.3, -0.25) is 14.5 Å². The minimum Gasteiger partial charge on any atom is -0.340 e. The summed E-state index contributed by atoms with van der Waals surface area (Å²) in [5, 5.41) is 0. The fraction of sp³-hybridized carbons (Fsp3) is 0.545. The minimum absolute atomic E-state index is 0.0800. The van der Waals surface area contributed by atoms with Crippen LogP contribution in [0, 0.1) is 0 Å². The number of carbonyl (C=O) groups is 2. The molecule has 2 amide bonds. The maximum atomic E-state index is 12.0. The normalized spacial score (nSPS) is 21.6. The molecule has 0 aromatic carbocycles. The van der Waals surface area contributed by atoms with Gasteiger partial charge >= 0.3 is 0 Å². The van der Waals surface area contributed by atoms with Crippen molar-refractivity contribution in [3.8, 4) is 0 Å². The highest BCUT2D eigenvalue weighted by molar-refractivity contribution is 6.19. The van der Waals surface area contributed by atoms with Gasteiger partial charge in [-0.2, -0.15) is 0 Å². The van der Waals surface area contributed by atoms with Crippen molar-refractivity contribution in [1.29, 1.82) is 0 Å². The Balaban J connectivity index is 1.91. The molecule has 2 heterocycles. The molecule has 1 aliphatic carbocycles. The number of hydrogen-bond acceptors (Lipinski definition) is 3. The molecule has 0 radical (unpaired) electrons. The molecule has 1 N–H and O–H groups in total. The Labute approximate surface area is 92.9 Å². The Morgan fingerprint density at radius 1 is 1.19 bits per heavy atom. The maximum Gasteiger partial charge on any atom is 0.282 e. The average Bonchev–Trinajstić information content (AvgIpc) is 2.86. The molecule has 1 saturated carbocycles. The lowest BCUT2D eigenvalue weighted by atomic mass is 9.94. The zero-order chi connectivity index (χ0) is 11.1. The molecule has 5 heteroatoms. The Bertz CT molecular complexity index is 415. The summed E-state index contributed by atoms with van der Waals surface area (Å²) in [5.74, 6) is -0.433. The van der Waals surface area contributed by atoms with Crippen LogP contribution in [0.3, 0.4) is 0 Å². The lowest BCUT2D eigenvalue weighted by molar-refractivity contribution is 0.0543. The smallest absolute Gasteiger partial charge is 0.282 e. The van der Waals surface area contributed by atoms with Gasteiger partial charge in [-0.1, -0.05) is 19.3 Å². The van der Waals surface area contributed by atoms with Gasteiger partial charge in [0.05, 0.1) is 6.33 Å². The Kier molecular flexibility index (Phi) is 2.05. The predicted molar refractivity (Wildman–Crippen MR) is 56.0 cm³/mol. The van der Waals surface area contributed by atoms with Crippen molar-refractivity contribution < 1.29 is 9.59 Å². The average molecular weight is 219 g/mol. The second-order valence-electron chi connectivity index (χ2n) is 4.40. The first-order chi connectivity index (χ1) is 7.79. The van der Waals surface area contributed by atoms with Gasteiger partial charge in [0.15, 0.2) is 5.69 Å². The molecule has 1 aromatic heterocycles. The number of amides is 2. The van der Waals surface area contributed by atoms with Crippen LogP contribution in [-0.4, -0.2) is 32.7 Å². The van der Waals surface area contributed by atoms with E-state index in [-0.39, 0.29) is 23.6 Å². The molecule has 1 aliphatic heterocycles. The van der Waals surface area contributed by atoms with Crippen LogP contribution in [0.25, 0.3) is 0 Å². The van der Waals surface area contributed by atoms with Crippen LogP contribution >= 0.6 is 0 Å². The number of fused-ring (bicyclic) bond motifs is 1. The van der Waals surface area contributed by atoms with Gasteiger partial charge in [0, 0.05) is 6.04 Å². The van der Waals surface area contributed by atoms with Gasteiger partial charge in [-0.05, 0) is 12.8 Å². The van der Waals surface area contributed by atoms with Gasteiger partial charge < -0.3 is 4.98 Å². The molecule has 0 saturated heterocycles. The van der Waals surface area contributed by atoms with Crippen LogP contribution < -0.4 is 0 Å². The molecular formula is C11H13N3O2. The van der Waals surface area contributed by atoms with Crippen LogP contribution in [0.4, 0.5) is 0 Å². The molecule has 0 spiro atoms. The highest BCUT2D eigenvalue weighted by atomic mass is 16.2. The third-order valence-electron chi connectivity index (χ3n) is 3.43. The van der Waals surface area contributed by atoms with Gasteiger partial charge in [0.1, 0.15) is 5.69 Å². The van der Waals surface area contributed by atoms with Gasteiger partial charge in [-0.25, -0.2) is 4.98 Å². The quantitative estimate of drug-likeness (QED) is 0.725. The number of nitrogens with one attached hydrogen (secondary N) is 1. The van der Waals surface area contributed by atoms with Gasteiger partial charge in [0.25, 0.3) is 11.8 Å².